The highest BCUT2D eigenvalue weighted by atomic mass is 16.5. The molecule has 0 aliphatic heterocycles. The average molecular weight is 673 g/mol. The summed E-state index contributed by atoms with van der Waals surface area (Å²) in [4.78, 5) is 29.4. The summed E-state index contributed by atoms with van der Waals surface area (Å²) < 4.78 is 11.1. The van der Waals surface area contributed by atoms with E-state index < -0.39 is 11.9 Å². The molecule has 6 heteroatoms. The number of unbranched alkanes of at least 4 members (excludes halogenated alkanes) is 24. The summed E-state index contributed by atoms with van der Waals surface area (Å²) in [6, 6.07) is 6.66. The monoisotopic (exact) mass is 673 g/mol. The Bertz CT molecular complexity index is 825. The van der Waals surface area contributed by atoms with Crippen LogP contribution in [0.1, 0.15) is 202 Å². The van der Waals surface area contributed by atoms with E-state index in [2.05, 4.69) is 13.8 Å². The summed E-state index contributed by atoms with van der Waals surface area (Å²) >= 11 is 0. The molecule has 0 bridgehead atoms. The van der Waals surface area contributed by atoms with E-state index in [-0.39, 0.29) is 13.5 Å². The standard InChI is InChI=1S/C42H76N2O4/c1-5-7-9-11-13-15-17-19-21-23-25-27-29-34-43(3)37-47-41(45)39-32-31-33-40(36-39)42(46)48-38-44(4)35-30-28-26-24-22-20-18-16-14-12-10-8-6-2/h31-33,36H,5-30,34-35,37-38H2,1-4H3. The highest BCUT2D eigenvalue weighted by molar-refractivity contribution is 5.95. The van der Waals surface area contributed by atoms with Gasteiger partial charge in [0.1, 0.15) is 13.5 Å². The summed E-state index contributed by atoms with van der Waals surface area (Å²) in [5.41, 5.74) is 0.748. The van der Waals surface area contributed by atoms with Crippen molar-refractivity contribution in [1.82, 2.24) is 9.80 Å². The Kier molecular flexibility index (Phi) is 29.7. The lowest BCUT2D eigenvalue weighted by molar-refractivity contribution is 0.0268. The third kappa shape index (κ3) is 26.0. The fourth-order valence-electron chi connectivity index (χ4n) is 6.21. The zero-order chi connectivity index (χ0) is 34.9. The molecule has 1 aromatic rings. The molecule has 0 saturated carbocycles. The summed E-state index contributed by atoms with van der Waals surface area (Å²) in [5.74, 6) is -0.831. The minimum atomic E-state index is -0.415. The largest absolute Gasteiger partial charge is 0.446 e. The van der Waals surface area contributed by atoms with Crippen LogP contribution in [0.5, 0.6) is 0 Å². The van der Waals surface area contributed by atoms with Crippen LogP contribution in [0.4, 0.5) is 0 Å². The molecular formula is C42H76N2O4. The molecule has 0 unspecified atom stereocenters. The number of esters is 2. The highest BCUT2D eigenvalue weighted by Crippen LogP contribution is 2.15. The molecule has 0 N–H and O–H groups in total. The third-order valence-corrected chi connectivity index (χ3v) is 9.45. The first-order valence-electron chi connectivity index (χ1n) is 20.3. The number of hydrogen-bond donors (Lipinski definition) is 0. The van der Waals surface area contributed by atoms with Gasteiger partial charge in [-0.1, -0.05) is 174 Å². The van der Waals surface area contributed by atoms with E-state index in [1.807, 2.05) is 23.9 Å². The first kappa shape index (κ1) is 44.1. The lowest BCUT2D eigenvalue weighted by Crippen LogP contribution is -2.25. The van der Waals surface area contributed by atoms with Gasteiger partial charge in [-0.05, 0) is 45.1 Å². The fourth-order valence-corrected chi connectivity index (χ4v) is 6.21. The van der Waals surface area contributed by atoms with Gasteiger partial charge in [-0.25, -0.2) is 9.59 Å². The second-order valence-corrected chi connectivity index (χ2v) is 14.3. The number of ether oxygens (including phenoxy) is 2. The van der Waals surface area contributed by atoms with Crippen molar-refractivity contribution in [1.29, 1.82) is 0 Å². The molecule has 0 heterocycles. The molecule has 0 fully saturated rings. The van der Waals surface area contributed by atoms with Crippen molar-refractivity contribution >= 4 is 11.9 Å². The van der Waals surface area contributed by atoms with Crippen LogP contribution < -0.4 is 0 Å². The first-order valence-corrected chi connectivity index (χ1v) is 20.3. The quantitative estimate of drug-likeness (QED) is 0.0412. The van der Waals surface area contributed by atoms with E-state index in [0.29, 0.717) is 11.1 Å². The van der Waals surface area contributed by atoms with Crippen molar-refractivity contribution < 1.29 is 19.1 Å². The Morgan fingerprint density at radius 3 is 1.02 bits per heavy atom. The van der Waals surface area contributed by atoms with Crippen molar-refractivity contribution in [2.75, 3.05) is 40.6 Å². The molecule has 0 aliphatic carbocycles. The fraction of sp³-hybridized carbons (Fsp3) is 0.810. The van der Waals surface area contributed by atoms with Gasteiger partial charge >= 0.3 is 11.9 Å². The lowest BCUT2D eigenvalue weighted by Gasteiger charge is -2.17. The normalized spacial score (nSPS) is 11.5. The van der Waals surface area contributed by atoms with Crippen LogP contribution >= 0.6 is 0 Å². The number of rotatable bonds is 34. The first-order chi connectivity index (χ1) is 23.5. The Balaban J connectivity index is 2.08. The van der Waals surface area contributed by atoms with E-state index in [0.717, 1.165) is 25.9 Å². The Morgan fingerprint density at radius 2 is 0.729 bits per heavy atom. The van der Waals surface area contributed by atoms with E-state index in [1.54, 1.807) is 24.3 Å². The maximum absolute atomic E-state index is 12.7. The van der Waals surface area contributed by atoms with Crippen molar-refractivity contribution in [3.63, 3.8) is 0 Å². The molecule has 0 atom stereocenters. The smallest absolute Gasteiger partial charge is 0.339 e. The van der Waals surface area contributed by atoms with E-state index >= 15 is 0 Å². The van der Waals surface area contributed by atoms with Gasteiger partial charge in [-0.3, -0.25) is 9.80 Å². The van der Waals surface area contributed by atoms with Crippen LogP contribution in [0.15, 0.2) is 24.3 Å². The molecule has 0 radical (unpaired) electrons. The van der Waals surface area contributed by atoms with Crippen molar-refractivity contribution in [2.45, 2.75) is 181 Å². The molecule has 0 saturated heterocycles. The summed E-state index contributed by atoms with van der Waals surface area (Å²) in [6.07, 6.45) is 34.8. The van der Waals surface area contributed by atoms with Crippen LogP contribution in [0.2, 0.25) is 0 Å². The zero-order valence-corrected chi connectivity index (χ0v) is 32.1. The maximum atomic E-state index is 12.7. The molecule has 278 valence electrons. The number of carbonyl (C=O) groups is 2. The molecule has 0 amide bonds. The van der Waals surface area contributed by atoms with Gasteiger partial charge in [0, 0.05) is 13.1 Å². The van der Waals surface area contributed by atoms with Crippen molar-refractivity contribution in [3.8, 4) is 0 Å². The van der Waals surface area contributed by atoms with Crippen molar-refractivity contribution in [3.05, 3.63) is 35.4 Å². The van der Waals surface area contributed by atoms with Crippen LogP contribution in [-0.2, 0) is 9.47 Å². The topological polar surface area (TPSA) is 59.1 Å². The van der Waals surface area contributed by atoms with Crippen LogP contribution in [0, 0.1) is 0 Å². The Morgan fingerprint density at radius 1 is 0.458 bits per heavy atom. The molecule has 6 nitrogen and oxygen atoms in total. The second-order valence-electron chi connectivity index (χ2n) is 14.3. The van der Waals surface area contributed by atoms with Gasteiger partial charge in [0.25, 0.3) is 0 Å². The van der Waals surface area contributed by atoms with Crippen LogP contribution in [0.3, 0.4) is 0 Å². The summed E-state index contributed by atoms with van der Waals surface area (Å²) in [5, 5.41) is 0. The van der Waals surface area contributed by atoms with Gasteiger partial charge in [-0.2, -0.15) is 0 Å². The minimum Gasteiger partial charge on any atom is -0.446 e. The number of benzene rings is 1. The predicted octanol–water partition coefficient (Wildman–Crippen LogP) is 12.0. The molecule has 1 rings (SSSR count). The van der Waals surface area contributed by atoms with Crippen LogP contribution in [0.25, 0.3) is 0 Å². The number of nitrogens with zero attached hydrogens (tertiary/aromatic N) is 2. The van der Waals surface area contributed by atoms with E-state index in [9.17, 15) is 9.59 Å². The molecule has 0 spiro atoms. The van der Waals surface area contributed by atoms with Gasteiger partial charge in [0.2, 0.25) is 0 Å². The SMILES string of the molecule is CCCCCCCCCCCCCCCN(C)COC(=O)c1cccc(C(=O)OCN(C)CCCCCCCCCCCCCCC)c1. The van der Waals surface area contributed by atoms with Gasteiger partial charge in [0.05, 0.1) is 11.1 Å². The Labute approximate surface area is 297 Å². The molecular weight excluding hydrogens is 596 g/mol. The zero-order valence-electron chi connectivity index (χ0n) is 32.1. The number of carbonyl (C=O) groups excluding carboxylic acids is 2. The molecule has 1 aromatic carbocycles. The van der Waals surface area contributed by atoms with Crippen LogP contribution in [-0.4, -0.2) is 62.4 Å². The summed E-state index contributed by atoms with van der Waals surface area (Å²) in [7, 11) is 3.96. The lowest BCUT2D eigenvalue weighted by atomic mass is 10.0. The second kappa shape index (κ2) is 32.3. The van der Waals surface area contributed by atoms with Gasteiger partial charge in [-0.15, -0.1) is 0 Å². The van der Waals surface area contributed by atoms with Gasteiger partial charge < -0.3 is 9.47 Å². The highest BCUT2D eigenvalue weighted by Gasteiger charge is 2.14. The maximum Gasteiger partial charge on any atom is 0.339 e. The van der Waals surface area contributed by atoms with Crippen molar-refractivity contribution in [2.24, 2.45) is 0 Å². The van der Waals surface area contributed by atoms with E-state index in [4.69, 9.17) is 9.47 Å². The third-order valence-electron chi connectivity index (χ3n) is 9.45. The minimum absolute atomic E-state index is 0.246. The van der Waals surface area contributed by atoms with E-state index in [1.165, 1.54) is 154 Å². The molecule has 0 aliphatic rings. The Hall–Kier alpha value is -1.92. The number of hydrogen-bond acceptors (Lipinski definition) is 6. The molecule has 48 heavy (non-hydrogen) atoms. The van der Waals surface area contributed by atoms with Gasteiger partial charge in [0.15, 0.2) is 0 Å². The average Bonchev–Trinajstić information content (AvgIpc) is 3.10. The summed E-state index contributed by atoms with van der Waals surface area (Å²) in [6.45, 7) is 6.85. The molecule has 0 aromatic heterocycles. The predicted molar refractivity (Wildman–Crippen MR) is 204 cm³/mol.